The zero-order valence-electron chi connectivity index (χ0n) is 9.63. The molecule has 0 aliphatic heterocycles. The average molecular weight is 223 g/mol. The van der Waals surface area contributed by atoms with Crippen LogP contribution in [0, 0.1) is 12.7 Å². The molecule has 3 heteroatoms. The predicted molar refractivity (Wildman–Crippen MR) is 63.0 cm³/mol. The Balaban J connectivity index is 2.55. The van der Waals surface area contributed by atoms with E-state index >= 15 is 0 Å². The third-order valence-electron chi connectivity index (χ3n) is 2.61. The number of carbonyl (C=O) groups excluding carboxylic acids is 1. The van der Waals surface area contributed by atoms with E-state index in [-0.39, 0.29) is 11.6 Å². The Kier molecular flexibility index (Phi) is 5.12. The molecule has 2 nitrogen and oxygen atoms in total. The van der Waals surface area contributed by atoms with Gasteiger partial charge in [0.25, 0.3) is 0 Å². The number of unbranched alkanes of at least 4 members (excludes halogenated alkanes) is 2. The van der Waals surface area contributed by atoms with Crippen LogP contribution in [-0.4, -0.2) is 12.3 Å². The number of benzene rings is 1. The minimum atomic E-state index is -0.351. The molecular formula is C13H18FNO. The van der Waals surface area contributed by atoms with Crippen LogP contribution in [0.4, 0.5) is 4.39 Å². The number of carbonyl (C=O) groups is 1. The van der Waals surface area contributed by atoms with Crippen molar-refractivity contribution in [1.82, 2.24) is 0 Å². The molecule has 1 aromatic carbocycles. The largest absolute Gasteiger partial charge is 0.330 e. The molecule has 88 valence electrons. The van der Waals surface area contributed by atoms with Gasteiger partial charge in [-0.1, -0.05) is 12.5 Å². The zero-order valence-corrected chi connectivity index (χ0v) is 9.63. The van der Waals surface area contributed by atoms with Crippen LogP contribution in [0.25, 0.3) is 0 Å². The Bertz CT molecular complexity index is 363. The maximum absolute atomic E-state index is 13.0. The molecule has 0 aromatic heterocycles. The Morgan fingerprint density at radius 2 is 2.06 bits per heavy atom. The molecule has 0 spiro atoms. The Labute approximate surface area is 95.7 Å². The monoisotopic (exact) mass is 223 g/mol. The lowest BCUT2D eigenvalue weighted by molar-refractivity contribution is 0.0978. The van der Waals surface area contributed by atoms with Gasteiger partial charge in [-0.2, -0.15) is 0 Å². The molecule has 2 N–H and O–H groups in total. The Morgan fingerprint density at radius 1 is 1.31 bits per heavy atom. The summed E-state index contributed by atoms with van der Waals surface area (Å²) in [5.74, 6) is -0.329. The summed E-state index contributed by atoms with van der Waals surface area (Å²) >= 11 is 0. The number of nitrogens with two attached hydrogens (primary N) is 1. The summed E-state index contributed by atoms with van der Waals surface area (Å²) in [6.07, 6.45) is 3.20. The van der Waals surface area contributed by atoms with Gasteiger partial charge in [-0.05, 0) is 44.0 Å². The number of Topliss-reactive ketones (excluding diaryl/α,β-unsaturated/α-hetero) is 1. The topological polar surface area (TPSA) is 43.1 Å². The maximum Gasteiger partial charge on any atom is 0.163 e. The first-order valence-electron chi connectivity index (χ1n) is 5.64. The van der Waals surface area contributed by atoms with Crippen LogP contribution in [0.2, 0.25) is 0 Å². The minimum absolute atomic E-state index is 0.0222. The fraction of sp³-hybridized carbons (Fsp3) is 0.462. The summed E-state index contributed by atoms with van der Waals surface area (Å²) in [5, 5.41) is 0. The van der Waals surface area contributed by atoms with Crippen molar-refractivity contribution in [2.45, 2.75) is 32.6 Å². The minimum Gasteiger partial charge on any atom is -0.330 e. The van der Waals surface area contributed by atoms with Gasteiger partial charge in [-0.25, -0.2) is 4.39 Å². The van der Waals surface area contributed by atoms with E-state index in [1.165, 1.54) is 12.1 Å². The molecule has 0 bridgehead atoms. The molecule has 0 saturated carbocycles. The van der Waals surface area contributed by atoms with Gasteiger partial charge in [0, 0.05) is 12.0 Å². The summed E-state index contributed by atoms with van der Waals surface area (Å²) < 4.78 is 13.0. The van der Waals surface area contributed by atoms with E-state index in [9.17, 15) is 9.18 Å². The van der Waals surface area contributed by atoms with Crippen molar-refractivity contribution in [3.63, 3.8) is 0 Å². The van der Waals surface area contributed by atoms with Crippen LogP contribution >= 0.6 is 0 Å². The van der Waals surface area contributed by atoms with Crippen molar-refractivity contribution in [2.24, 2.45) is 5.73 Å². The van der Waals surface area contributed by atoms with Gasteiger partial charge < -0.3 is 5.73 Å². The number of rotatable bonds is 6. The van der Waals surface area contributed by atoms with Gasteiger partial charge in [-0.15, -0.1) is 0 Å². The Hall–Kier alpha value is -1.22. The predicted octanol–water partition coefficient (Wildman–Crippen LogP) is 2.84. The summed E-state index contributed by atoms with van der Waals surface area (Å²) in [4.78, 5) is 11.8. The molecule has 1 rings (SSSR count). The Morgan fingerprint density at radius 3 is 2.75 bits per heavy atom. The fourth-order valence-electron chi connectivity index (χ4n) is 1.64. The standard InChI is InChI=1S/C13H18FNO/c1-10-6-7-11(14)9-12(10)13(16)5-3-2-4-8-15/h6-7,9H,2-5,8,15H2,1H3. The van der Waals surface area contributed by atoms with E-state index < -0.39 is 0 Å². The molecule has 0 unspecified atom stereocenters. The summed E-state index contributed by atoms with van der Waals surface area (Å²) in [5.41, 5.74) is 6.71. The average Bonchev–Trinajstić information content (AvgIpc) is 2.27. The zero-order chi connectivity index (χ0) is 12.0. The van der Waals surface area contributed by atoms with Crippen LogP contribution in [0.15, 0.2) is 18.2 Å². The molecule has 0 amide bonds. The maximum atomic E-state index is 13.0. The van der Waals surface area contributed by atoms with Crippen molar-refractivity contribution >= 4 is 5.78 Å². The van der Waals surface area contributed by atoms with Gasteiger partial charge in [0.2, 0.25) is 0 Å². The van der Waals surface area contributed by atoms with Crippen LogP contribution in [0.3, 0.4) is 0 Å². The molecule has 16 heavy (non-hydrogen) atoms. The second kappa shape index (κ2) is 6.38. The number of halogens is 1. The van der Waals surface area contributed by atoms with Gasteiger partial charge in [0.05, 0.1) is 0 Å². The molecule has 0 heterocycles. The lowest BCUT2D eigenvalue weighted by atomic mass is 10.0. The second-order valence-electron chi connectivity index (χ2n) is 3.98. The van der Waals surface area contributed by atoms with Crippen LogP contribution in [-0.2, 0) is 0 Å². The number of hydrogen-bond acceptors (Lipinski definition) is 2. The summed E-state index contributed by atoms with van der Waals surface area (Å²) in [7, 11) is 0. The van der Waals surface area contributed by atoms with E-state index in [4.69, 9.17) is 5.73 Å². The van der Waals surface area contributed by atoms with Crippen molar-refractivity contribution in [3.05, 3.63) is 35.1 Å². The lowest BCUT2D eigenvalue weighted by Gasteiger charge is -2.04. The molecule has 1 aromatic rings. The van der Waals surface area contributed by atoms with Gasteiger partial charge in [0.1, 0.15) is 5.82 Å². The van der Waals surface area contributed by atoms with Crippen LogP contribution in [0.1, 0.15) is 41.6 Å². The van der Waals surface area contributed by atoms with Gasteiger partial charge >= 0.3 is 0 Å². The first-order chi connectivity index (χ1) is 7.65. The first-order valence-corrected chi connectivity index (χ1v) is 5.64. The van der Waals surface area contributed by atoms with E-state index in [0.29, 0.717) is 18.5 Å². The third-order valence-corrected chi connectivity index (χ3v) is 2.61. The van der Waals surface area contributed by atoms with Crippen molar-refractivity contribution < 1.29 is 9.18 Å². The third kappa shape index (κ3) is 3.74. The SMILES string of the molecule is Cc1ccc(F)cc1C(=O)CCCCCN. The van der Waals surface area contributed by atoms with E-state index in [1.54, 1.807) is 6.07 Å². The first kappa shape index (κ1) is 12.8. The van der Waals surface area contributed by atoms with E-state index in [0.717, 1.165) is 24.8 Å². The summed E-state index contributed by atoms with van der Waals surface area (Å²) in [6.45, 7) is 2.49. The van der Waals surface area contributed by atoms with Gasteiger partial charge in [-0.3, -0.25) is 4.79 Å². The summed E-state index contributed by atoms with van der Waals surface area (Å²) in [6, 6.07) is 4.34. The molecule has 0 aliphatic rings. The molecular weight excluding hydrogens is 205 g/mol. The number of ketones is 1. The van der Waals surface area contributed by atoms with Gasteiger partial charge in [0.15, 0.2) is 5.78 Å². The molecule has 0 radical (unpaired) electrons. The highest BCUT2D eigenvalue weighted by Gasteiger charge is 2.09. The highest BCUT2D eigenvalue weighted by Crippen LogP contribution is 2.14. The molecule has 0 saturated heterocycles. The van der Waals surface area contributed by atoms with E-state index in [2.05, 4.69) is 0 Å². The van der Waals surface area contributed by atoms with Crippen LogP contribution < -0.4 is 5.73 Å². The normalized spacial score (nSPS) is 10.4. The second-order valence-corrected chi connectivity index (χ2v) is 3.98. The highest BCUT2D eigenvalue weighted by molar-refractivity contribution is 5.97. The molecule has 0 fully saturated rings. The van der Waals surface area contributed by atoms with Crippen molar-refractivity contribution in [2.75, 3.05) is 6.54 Å². The molecule has 0 aliphatic carbocycles. The van der Waals surface area contributed by atoms with Crippen LogP contribution in [0.5, 0.6) is 0 Å². The number of aryl methyl sites for hydroxylation is 1. The van der Waals surface area contributed by atoms with Crippen molar-refractivity contribution in [3.8, 4) is 0 Å². The smallest absolute Gasteiger partial charge is 0.163 e. The highest BCUT2D eigenvalue weighted by atomic mass is 19.1. The molecule has 0 atom stereocenters. The number of hydrogen-bond donors (Lipinski definition) is 1. The van der Waals surface area contributed by atoms with Crippen molar-refractivity contribution in [1.29, 1.82) is 0 Å². The quantitative estimate of drug-likeness (QED) is 0.595. The van der Waals surface area contributed by atoms with E-state index in [1.807, 2.05) is 6.92 Å². The fourth-order valence-corrected chi connectivity index (χ4v) is 1.64. The lowest BCUT2D eigenvalue weighted by Crippen LogP contribution is -2.03.